The van der Waals surface area contributed by atoms with Gasteiger partial charge >= 0.3 is 0 Å². The van der Waals surface area contributed by atoms with E-state index in [-0.39, 0.29) is 5.88 Å². The molecule has 0 radical (unpaired) electrons. The van der Waals surface area contributed by atoms with Gasteiger partial charge in [-0.3, -0.25) is 0 Å². The molecular weight excluding hydrogens is 204 g/mol. The number of hydrogen-bond donors (Lipinski definition) is 1. The maximum absolute atomic E-state index is 9.34. The Labute approximate surface area is 91.8 Å². The maximum atomic E-state index is 9.34. The zero-order chi connectivity index (χ0) is 11.1. The lowest BCUT2D eigenvalue weighted by Crippen LogP contribution is -1.89. The van der Waals surface area contributed by atoms with E-state index in [1.54, 1.807) is 17.0 Å². The molecule has 0 unspecified atom stereocenters. The van der Waals surface area contributed by atoms with E-state index in [9.17, 15) is 5.11 Å². The van der Waals surface area contributed by atoms with Crippen LogP contribution in [-0.4, -0.2) is 14.7 Å². The van der Waals surface area contributed by atoms with Crippen molar-refractivity contribution in [2.45, 2.75) is 0 Å². The minimum absolute atomic E-state index is 0.0165. The van der Waals surface area contributed by atoms with Gasteiger partial charge in [-0.1, -0.05) is 18.2 Å². The molecule has 0 spiro atoms. The Bertz CT molecular complexity index is 652. The first kappa shape index (κ1) is 9.03. The van der Waals surface area contributed by atoms with Gasteiger partial charge in [0.25, 0.3) is 0 Å². The average molecular weight is 214 g/mol. The molecule has 0 atom stereocenters. The molecule has 0 aliphatic heterocycles. The van der Waals surface area contributed by atoms with E-state index < -0.39 is 0 Å². The second kappa shape index (κ2) is 3.13. The summed E-state index contributed by atoms with van der Waals surface area (Å²) in [5.41, 5.74) is 1.71. The molecule has 16 heavy (non-hydrogen) atoms. The van der Waals surface area contributed by atoms with Crippen molar-refractivity contribution in [3.63, 3.8) is 0 Å². The normalized spacial score (nSPS) is 11.1. The Balaban J connectivity index is 2.30. The molecule has 80 valence electrons. The lowest BCUT2D eigenvalue weighted by Gasteiger charge is -1.97. The summed E-state index contributed by atoms with van der Waals surface area (Å²) in [4.78, 5) is 4.06. The summed E-state index contributed by atoms with van der Waals surface area (Å²) in [5, 5.41) is 10.3. The zero-order valence-electron chi connectivity index (χ0n) is 8.71. The van der Waals surface area contributed by atoms with Crippen molar-refractivity contribution < 1.29 is 9.52 Å². The number of fused-ring (bicyclic) bond motifs is 1. The standard InChI is InChI=1S/C12H10N2O2/c1-14-6-11(15)13-12(14)9-7-16-10-5-3-2-4-8(9)10/h2-7,15H,1H3. The number of imidazole rings is 1. The van der Waals surface area contributed by atoms with Crippen LogP contribution in [0.3, 0.4) is 0 Å². The highest BCUT2D eigenvalue weighted by molar-refractivity contribution is 5.92. The molecule has 0 saturated heterocycles. The molecule has 0 aliphatic rings. The molecule has 0 aliphatic carbocycles. The Hall–Kier alpha value is -2.23. The van der Waals surface area contributed by atoms with Crippen molar-refractivity contribution in [2.75, 3.05) is 0 Å². The Morgan fingerprint density at radius 3 is 2.88 bits per heavy atom. The van der Waals surface area contributed by atoms with Crippen molar-refractivity contribution in [2.24, 2.45) is 7.05 Å². The van der Waals surface area contributed by atoms with Crippen LogP contribution in [0.25, 0.3) is 22.4 Å². The SMILES string of the molecule is Cn1cc(O)nc1-c1coc2ccccc12. The lowest BCUT2D eigenvalue weighted by atomic mass is 10.2. The predicted molar refractivity (Wildman–Crippen MR) is 60.1 cm³/mol. The van der Waals surface area contributed by atoms with Gasteiger partial charge in [-0.2, -0.15) is 4.98 Å². The topological polar surface area (TPSA) is 51.2 Å². The van der Waals surface area contributed by atoms with Gasteiger partial charge in [0.2, 0.25) is 5.88 Å². The van der Waals surface area contributed by atoms with E-state index in [4.69, 9.17) is 4.42 Å². The van der Waals surface area contributed by atoms with Crippen LogP contribution in [0.4, 0.5) is 0 Å². The number of aryl methyl sites for hydroxylation is 1. The van der Waals surface area contributed by atoms with Crippen molar-refractivity contribution in [1.82, 2.24) is 9.55 Å². The smallest absolute Gasteiger partial charge is 0.229 e. The van der Waals surface area contributed by atoms with Crippen molar-refractivity contribution in [3.05, 3.63) is 36.7 Å². The van der Waals surface area contributed by atoms with Gasteiger partial charge in [0.1, 0.15) is 17.7 Å². The number of furan rings is 1. The molecule has 1 aromatic carbocycles. The van der Waals surface area contributed by atoms with Crippen LogP contribution >= 0.6 is 0 Å². The molecule has 0 saturated carbocycles. The first-order chi connectivity index (χ1) is 7.75. The molecule has 2 heterocycles. The summed E-state index contributed by atoms with van der Waals surface area (Å²) in [6, 6.07) is 7.75. The van der Waals surface area contributed by atoms with Crippen LogP contribution in [0.5, 0.6) is 5.88 Å². The number of hydrogen-bond acceptors (Lipinski definition) is 3. The zero-order valence-corrected chi connectivity index (χ0v) is 8.71. The summed E-state index contributed by atoms with van der Waals surface area (Å²) >= 11 is 0. The van der Waals surface area contributed by atoms with Crippen molar-refractivity contribution in [3.8, 4) is 17.3 Å². The lowest BCUT2D eigenvalue weighted by molar-refractivity contribution is 0.456. The van der Waals surface area contributed by atoms with E-state index in [1.807, 2.05) is 31.3 Å². The van der Waals surface area contributed by atoms with Gasteiger partial charge in [-0.15, -0.1) is 0 Å². The number of para-hydroxylation sites is 1. The minimum Gasteiger partial charge on any atom is -0.492 e. The Morgan fingerprint density at radius 1 is 1.31 bits per heavy atom. The molecule has 0 fully saturated rings. The summed E-state index contributed by atoms with van der Waals surface area (Å²) in [5.74, 6) is 0.713. The maximum Gasteiger partial charge on any atom is 0.229 e. The first-order valence-electron chi connectivity index (χ1n) is 4.94. The number of aromatic hydroxyl groups is 1. The second-order valence-corrected chi connectivity index (χ2v) is 3.68. The van der Waals surface area contributed by atoms with Gasteiger partial charge < -0.3 is 14.1 Å². The van der Waals surface area contributed by atoms with Gasteiger partial charge in [-0.25, -0.2) is 0 Å². The predicted octanol–water partition coefficient (Wildman–Crippen LogP) is 2.54. The molecule has 1 N–H and O–H groups in total. The third-order valence-corrected chi connectivity index (χ3v) is 2.59. The largest absolute Gasteiger partial charge is 0.492 e. The molecule has 2 aromatic heterocycles. The summed E-state index contributed by atoms with van der Waals surface area (Å²) < 4.78 is 7.20. The quantitative estimate of drug-likeness (QED) is 0.677. The number of rotatable bonds is 1. The molecule has 4 heteroatoms. The van der Waals surface area contributed by atoms with Crippen LogP contribution < -0.4 is 0 Å². The molecule has 0 amide bonds. The number of aromatic nitrogens is 2. The fourth-order valence-corrected chi connectivity index (χ4v) is 1.85. The van der Waals surface area contributed by atoms with Crippen LogP contribution in [0.15, 0.2) is 41.1 Å². The third-order valence-electron chi connectivity index (χ3n) is 2.59. The van der Waals surface area contributed by atoms with E-state index in [0.717, 1.165) is 16.5 Å². The van der Waals surface area contributed by atoms with Gasteiger partial charge in [0.15, 0.2) is 0 Å². The molecule has 3 rings (SSSR count). The van der Waals surface area contributed by atoms with Crippen LogP contribution in [0.1, 0.15) is 0 Å². The highest BCUT2D eigenvalue weighted by atomic mass is 16.3. The van der Waals surface area contributed by atoms with E-state index in [0.29, 0.717) is 5.82 Å². The van der Waals surface area contributed by atoms with Crippen LogP contribution in [-0.2, 0) is 7.05 Å². The number of benzene rings is 1. The average Bonchev–Trinajstić information content (AvgIpc) is 2.81. The highest BCUT2D eigenvalue weighted by Crippen LogP contribution is 2.30. The fourth-order valence-electron chi connectivity index (χ4n) is 1.85. The van der Waals surface area contributed by atoms with Crippen molar-refractivity contribution >= 4 is 11.0 Å². The summed E-state index contributed by atoms with van der Waals surface area (Å²) in [6.07, 6.45) is 3.23. The molecule has 0 bridgehead atoms. The fraction of sp³-hybridized carbons (Fsp3) is 0.0833. The minimum atomic E-state index is 0.0165. The highest BCUT2D eigenvalue weighted by Gasteiger charge is 2.12. The van der Waals surface area contributed by atoms with Crippen LogP contribution in [0, 0.1) is 0 Å². The monoisotopic (exact) mass is 214 g/mol. The van der Waals surface area contributed by atoms with Crippen LogP contribution in [0.2, 0.25) is 0 Å². The summed E-state index contributed by atoms with van der Waals surface area (Å²) in [7, 11) is 1.84. The van der Waals surface area contributed by atoms with Gasteiger partial charge in [0.05, 0.1) is 11.8 Å². The third kappa shape index (κ3) is 1.20. The van der Waals surface area contributed by atoms with Gasteiger partial charge in [-0.05, 0) is 6.07 Å². The number of nitrogens with zero attached hydrogens (tertiary/aromatic N) is 2. The molecular formula is C12H10N2O2. The molecule has 4 nitrogen and oxygen atoms in total. The van der Waals surface area contributed by atoms with E-state index in [1.165, 1.54) is 0 Å². The van der Waals surface area contributed by atoms with Gasteiger partial charge in [0, 0.05) is 12.4 Å². The Morgan fingerprint density at radius 2 is 2.12 bits per heavy atom. The second-order valence-electron chi connectivity index (χ2n) is 3.68. The first-order valence-corrected chi connectivity index (χ1v) is 4.94. The Kier molecular flexibility index (Phi) is 1.77. The molecule has 3 aromatic rings. The van der Waals surface area contributed by atoms with E-state index in [2.05, 4.69) is 4.98 Å². The van der Waals surface area contributed by atoms with Crippen molar-refractivity contribution in [1.29, 1.82) is 0 Å². The van der Waals surface area contributed by atoms with E-state index >= 15 is 0 Å². The summed E-state index contributed by atoms with van der Waals surface area (Å²) in [6.45, 7) is 0.